The molecule has 11 rings (SSSR count). The van der Waals surface area contributed by atoms with Crippen LogP contribution in [0, 0.1) is 0 Å². The van der Waals surface area contributed by atoms with Crippen molar-refractivity contribution in [2.75, 3.05) is 0 Å². The van der Waals surface area contributed by atoms with Crippen molar-refractivity contribution in [2.45, 2.75) is 5.41 Å². The maximum Gasteiger partial charge on any atom is 0.164 e. The number of hydrogen-bond donors (Lipinski definition) is 0. The Kier molecular flexibility index (Phi) is 6.10. The summed E-state index contributed by atoms with van der Waals surface area (Å²) >= 11 is 0. The van der Waals surface area contributed by atoms with Gasteiger partial charge in [-0.15, -0.1) is 0 Å². The van der Waals surface area contributed by atoms with Crippen LogP contribution in [0.1, 0.15) is 22.5 Å². The Bertz CT molecular complexity index is 2740. The SMILES string of the molecule is c1ccc(-c2nc(-c3ccccc3)nc(-c3ccc(-c4ccc5c(c4)nc4n5-c5ccccc5C45c4ccccc4-c4ccccc45)cc3)n2)cc1. The zero-order valence-electron chi connectivity index (χ0n) is 28.0. The van der Waals surface area contributed by atoms with Crippen molar-refractivity contribution in [2.24, 2.45) is 0 Å². The molecule has 5 heteroatoms. The Hall–Kier alpha value is -6.98. The van der Waals surface area contributed by atoms with Crippen LogP contribution in [0.15, 0.2) is 176 Å². The number of benzene rings is 7. The molecule has 0 atom stereocenters. The molecule has 0 saturated carbocycles. The maximum absolute atomic E-state index is 5.51. The van der Waals surface area contributed by atoms with E-state index in [0.717, 1.165) is 44.7 Å². The van der Waals surface area contributed by atoms with Gasteiger partial charge < -0.3 is 0 Å². The van der Waals surface area contributed by atoms with Crippen LogP contribution in [0.25, 0.3) is 73.1 Å². The van der Waals surface area contributed by atoms with E-state index < -0.39 is 5.41 Å². The van der Waals surface area contributed by atoms with E-state index in [2.05, 4.69) is 120 Å². The van der Waals surface area contributed by atoms with Crippen molar-refractivity contribution in [3.8, 4) is 62.1 Å². The topological polar surface area (TPSA) is 56.5 Å². The first-order valence-electron chi connectivity index (χ1n) is 17.6. The van der Waals surface area contributed by atoms with Gasteiger partial charge in [-0.3, -0.25) is 4.57 Å². The van der Waals surface area contributed by atoms with E-state index in [4.69, 9.17) is 19.9 Å². The summed E-state index contributed by atoms with van der Waals surface area (Å²) < 4.78 is 2.38. The molecule has 1 aliphatic heterocycles. The highest BCUT2D eigenvalue weighted by Crippen LogP contribution is 2.60. The summed E-state index contributed by atoms with van der Waals surface area (Å²) in [5.41, 5.74) is 14.2. The van der Waals surface area contributed by atoms with Crippen LogP contribution < -0.4 is 0 Å². The molecule has 0 radical (unpaired) electrons. The Morgan fingerprint density at radius 2 is 0.827 bits per heavy atom. The molecular weight excluding hydrogens is 635 g/mol. The third-order valence-electron chi connectivity index (χ3n) is 10.7. The predicted molar refractivity (Wildman–Crippen MR) is 207 cm³/mol. The maximum atomic E-state index is 5.51. The van der Waals surface area contributed by atoms with E-state index in [-0.39, 0.29) is 0 Å². The number of imidazole rings is 1. The highest BCUT2D eigenvalue weighted by atomic mass is 15.1. The Balaban J connectivity index is 1.02. The van der Waals surface area contributed by atoms with E-state index in [1.54, 1.807) is 0 Å². The van der Waals surface area contributed by atoms with Gasteiger partial charge in [0, 0.05) is 16.7 Å². The smallest absolute Gasteiger partial charge is 0.164 e. The molecular formula is C47H29N5. The third kappa shape index (κ3) is 4.05. The predicted octanol–water partition coefficient (Wildman–Crippen LogP) is 10.6. The van der Waals surface area contributed by atoms with Gasteiger partial charge in [-0.2, -0.15) is 0 Å². The summed E-state index contributed by atoms with van der Waals surface area (Å²) in [4.78, 5) is 20.2. The lowest BCUT2D eigenvalue weighted by Gasteiger charge is -2.27. The van der Waals surface area contributed by atoms with E-state index in [0.29, 0.717) is 17.5 Å². The Labute approximate surface area is 300 Å². The minimum Gasteiger partial charge on any atom is -0.295 e. The van der Waals surface area contributed by atoms with Crippen LogP contribution in [-0.2, 0) is 5.41 Å². The number of para-hydroxylation sites is 1. The molecule has 0 bridgehead atoms. The Morgan fingerprint density at radius 1 is 0.365 bits per heavy atom. The van der Waals surface area contributed by atoms with Crippen molar-refractivity contribution in [3.63, 3.8) is 0 Å². The summed E-state index contributed by atoms with van der Waals surface area (Å²) in [5.74, 6) is 2.99. The van der Waals surface area contributed by atoms with Crippen molar-refractivity contribution < 1.29 is 0 Å². The molecule has 3 heterocycles. The van der Waals surface area contributed by atoms with Gasteiger partial charge in [0.25, 0.3) is 0 Å². The van der Waals surface area contributed by atoms with Crippen LogP contribution in [0.2, 0.25) is 0 Å². The highest BCUT2D eigenvalue weighted by Gasteiger charge is 2.54. The largest absolute Gasteiger partial charge is 0.295 e. The molecule has 0 fully saturated rings. The van der Waals surface area contributed by atoms with Crippen LogP contribution in [0.3, 0.4) is 0 Å². The summed E-state index contributed by atoms with van der Waals surface area (Å²) in [6.07, 6.45) is 0. The lowest BCUT2D eigenvalue weighted by Crippen LogP contribution is -2.27. The summed E-state index contributed by atoms with van der Waals surface area (Å²) in [5, 5.41) is 0. The normalized spacial score (nSPS) is 13.2. The molecule has 7 aromatic carbocycles. The first-order valence-corrected chi connectivity index (χ1v) is 17.6. The van der Waals surface area contributed by atoms with E-state index >= 15 is 0 Å². The molecule has 9 aromatic rings. The van der Waals surface area contributed by atoms with Crippen LogP contribution in [0.5, 0.6) is 0 Å². The monoisotopic (exact) mass is 663 g/mol. The summed E-state index contributed by atoms with van der Waals surface area (Å²) in [6.45, 7) is 0. The minimum absolute atomic E-state index is 0.480. The van der Waals surface area contributed by atoms with Crippen LogP contribution in [-0.4, -0.2) is 24.5 Å². The van der Waals surface area contributed by atoms with Gasteiger partial charge in [0.05, 0.1) is 16.7 Å². The summed E-state index contributed by atoms with van der Waals surface area (Å²) in [6, 6.07) is 61.8. The third-order valence-corrected chi connectivity index (χ3v) is 10.7. The summed E-state index contributed by atoms with van der Waals surface area (Å²) in [7, 11) is 0. The molecule has 0 amide bonds. The zero-order chi connectivity index (χ0) is 34.2. The van der Waals surface area contributed by atoms with Gasteiger partial charge in [0.15, 0.2) is 17.5 Å². The molecule has 0 saturated heterocycles. The van der Waals surface area contributed by atoms with Crippen LogP contribution in [0.4, 0.5) is 0 Å². The number of fused-ring (bicyclic) bond motifs is 12. The second-order valence-electron chi connectivity index (χ2n) is 13.4. The van der Waals surface area contributed by atoms with Gasteiger partial charge in [-0.25, -0.2) is 19.9 Å². The first-order chi connectivity index (χ1) is 25.8. The zero-order valence-corrected chi connectivity index (χ0v) is 28.0. The molecule has 0 unspecified atom stereocenters. The van der Waals surface area contributed by atoms with E-state index in [9.17, 15) is 0 Å². The fourth-order valence-electron chi connectivity index (χ4n) is 8.38. The fraction of sp³-hybridized carbons (Fsp3) is 0.0213. The number of aromatic nitrogens is 5. The van der Waals surface area contributed by atoms with Gasteiger partial charge in [-0.1, -0.05) is 158 Å². The average molecular weight is 664 g/mol. The molecule has 5 nitrogen and oxygen atoms in total. The lowest BCUT2D eigenvalue weighted by atomic mass is 9.73. The molecule has 0 N–H and O–H groups in total. The highest BCUT2D eigenvalue weighted by molar-refractivity contribution is 5.92. The molecule has 2 aromatic heterocycles. The van der Waals surface area contributed by atoms with Gasteiger partial charge in [0.1, 0.15) is 11.2 Å². The standard InChI is InChI=1S/C47H29N5/c1-3-13-31(14-4-1)43-49-44(32-15-5-2-6-16-32)51-45(50-43)33-25-23-30(24-26-33)34-27-28-42-40(29-34)48-46-47(39-21-11-12-22-41(39)52(42)46)37-19-9-7-17-35(37)36-18-8-10-20-38(36)47/h1-29H. The molecule has 52 heavy (non-hydrogen) atoms. The van der Waals surface area contributed by atoms with E-state index in [1.807, 2.05) is 60.7 Å². The average Bonchev–Trinajstić information content (AvgIpc) is 3.85. The van der Waals surface area contributed by atoms with Crippen molar-refractivity contribution in [1.82, 2.24) is 24.5 Å². The van der Waals surface area contributed by atoms with Crippen molar-refractivity contribution >= 4 is 11.0 Å². The van der Waals surface area contributed by atoms with Gasteiger partial charge >= 0.3 is 0 Å². The molecule has 1 spiro atoms. The number of hydrogen-bond acceptors (Lipinski definition) is 4. The minimum atomic E-state index is -0.480. The Morgan fingerprint density at radius 3 is 1.42 bits per heavy atom. The van der Waals surface area contributed by atoms with Crippen molar-refractivity contribution in [1.29, 1.82) is 0 Å². The molecule has 242 valence electrons. The second-order valence-corrected chi connectivity index (χ2v) is 13.4. The fourth-order valence-corrected chi connectivity index (χ4v) is 8.38. The first kappa shape index (κ1) is 28.8. The lowest BCUT2D eigenvalue weighted by molar-refractivity contribution is 0.738. The molecule has 1 aliphatic carbocycles. The number of rotatable bonds is 4. The van der Waals surface area contributed by atoms with Crippen LogP contribution >= 0.6 is 0 Å². The molecule has 2 aliphatic rings. The van der Waals surface area contributed by atoms with Gasteiger partial charge in [0.2, 0.25) is 0 Å². The van der Waals surface area contributed by atoms with Gasteiger partial charge in [-0.05, 0) is 57.1 Å². The van der Waals surface area contributed by atoms with Crippen molar-refractivity contribution in [3.05, 3.63) is 198 Å². The second kappa shape index (κ2) is 11.0. The quantitative estimate of drug-likeness (QED) is 0.188. The number of nitrogens with zero attached hydrogens (tertiary/aromatic N) is 5. The van der Waals surface area contributed by atoms with E-state index in [1.165, 1.54) is 33.5 Å².